The van der Waals surface area contributed by atoms with E-state index >= 15 is 0 Å². The maximum absolute atomic E-state index is 13.0. The Morgan fingerprint density at radius 3 is 1.03 bits per heavy atom. The first-order chi connectivity index (χ1) is 26.5. The van der Waals surface area contributed by atoms with Gasteiger partial charge in [-0.2, -0.15) is 0 Å². The predicted molar refractivity (Wildman–Crippen MR) is 204 cm³/mol. The summed E-state index contributed by atoms with van der Waals surface area (Å²) in [4.78, 5) is 50.8. The van der Waals surface area contributed by atoms with Crippen LogP contribution in [-0.4, -0.2) is 49.1 Å². The van der Waals surface area contributed by atoms with Gasteiger partial charge >= 0.3 is 59.1 Å². The van der Waals surface area contributed by atoms with Crippen molar-refractivity contribution >= 4 is 66.1 Å². The Balaban J connectivity index is 0.000000214. The van der Waals surface area contributed by atoms with Crippen LogP contribution in [0, 0.1) is 13.8 Å². The summed E-state index contributed by atoms with van der Waals surface area (Å²) in [6.45, 7) is 3.34. The molecule has 2 aliphatic rings. The molecule has 8 rings (SSSR count). The summed E-state index contributed by atoms with van der Waals surface area (Å²) in [5.74, 6) is -1.25. The average Bonchev–Trinajstić information content (AvgIpc) is 3.17. The Morgan fingerprint density at radius 1 is 0.397 bits per heavy atom. The molecule has 58 heavy (non-hydrogen) atoms. The standard InChI is InChI=1S/2C21H15NO5S.2Na/c2*1-12-9-10-16(18(11-12)28(25,26)27)22-17-8-4-7-15-19(17)21(24)14-6-3-2-5-13(14)20(15)23;;/h2*2-11,22H,1H3,(H,25,26,27);;/q;;2*+1/p-2. The summed E-state index contributed by atoms with van der Waals surface area (Å²) in [7, 11) is -9.47. The van der Waals surface area contributed by atoms with E-state index in [0.29, 0.717) is 22.3 Å². The maximum Gasteiger partial charge on any atom is 1.00 e. The second-order valence-corrected chi connectivity index (χ2v) is 15.7. The number of anilines is 4. The predicted octanol–water partition coefficient (Wildman–Crippen LogP) is 0.844. The van der Waals surface area contributed by atoms with E-state index < -0.39 is 30.0 Å². The van der Waals surface area contributed by atoms with Gasteiger partial charge < -0.3 is 19.7 Å². The van der Waals surface area contributed by atoms with Crippen molar-refractivity contribution in [3.63, 3.8) is 0 Å². The number of nitrogens with one attached hydrogen (secondary N) is 2. The molecule has 16 heteroatoms. The fourth-order valence-corrected chi connectivity index (χ4v) is 8.11. The minimum Gasteiger partial charge on any atom is -0.744 e. The number of ketones is 4. The van der Waals surface area contributed by atoms with Gasteiger partial charge in [-0.3, -0.25) is 19.2 Å². The third-order valence-corrected chi connectivity index (χ3v) is 11.0. The molecule has 0 aromatic heterocycles. The molecule has 6 aromatic carbocycles. The molecule has 0 aliphatic heterocycles. The number of benzene rings is 6. The molecule has 0 atom stereocenters. The quantitative estimate of drug-likeness (QED) is 0.177. The van der Waals surface area contributed by atoms with Gasteiger partial charge in [0.2, 0.25) is 0 Å². The molecule has 0 radical (unpaired) electrons. The van der Waals surface area contributed by atoms with Crippen molar-refractivity contribution in [3.05, 3.63) is 177 Å². The fraction of sp³-hybridized carbons (Fsp3) is 0.0476. The monoisotopic (exact) mass is 830 g/mol. The second-order valence-electron chi connectivity index (χ2n) is 13.0. The van der Waals surface area contributed by atoms with Crippen LogP contribution in [0.5, 0.6) is 0 Å². The Morgan fingerprint density at radius 2 is 0.707 bits per heavy atom. The molecule has 12 nitrogen and oxygen atoms in total. The molecule has 0 saturated heterocycles. The van der Waals surface area contributed by atoms with E-state index in [-0.39, 0.29) is 138 Å². The van der Waals surface area contributed by atoms with E-state index in [0.717, 1.165) is 0 Å². The van der Waals surface area contributed by atoms with Crippen LogP contribution in [0.1, 0.15) is 74.8 Å². The minimum atomic E-state index is -4.73. The zero-order chi connectivity index (χ0) is 40.1. The van der Waals surface area contributed by atoms with Crippen LogP contribution in [0.25, 0.3) is 0 Å². The van der Waals surface area contributed by atoms with Crippen molar-refractivity contribution in [3.8, 4) is 0 Å². The number of carbonyl (C=O) groups is 4. The number of fused-ring (bicyclic) bond motifs is 4. The molecule has 0 fully saturated rings. The van der Waals surface area contributed by atoms with Gasteiger partial charge in [0.05, 0.1) is 43.7 Å². The van der Waals surface area contributed by atoms with Crippen LogP contribution in [0.3, 0.4) is 0 Å². The van der Waals surface area contributed by atoms with Crippen LogP contribution in [0.4, 0.5) is 22.7 Å². The summed E-state index contributed by atoms with van der Waals surface area (Å²) in [6.07, 6.45) is 0. The Kier molecular flexibility index (Phi) is 13.3. The number of carbonyl (C=O) groups excluding carboxylic acids is 4. The third kappa shape index (κ3) is 8.58. The first-order valence-electron chi connectivity index (χ1n) is 16.8. The smallest absolute Gasteiger partial charge is 0.744 e. The first kappa shape index (κ1) is 44.5. The van der Waals surface area contributed by atoms with Gasteiger partial charge in [-0.1, -0.05) is 84.9 Å². The van der Waals surface area contributed by atoms with Crippen LogP contribution >= 0.6 is 0 Å². The summed E-state index contributed by atoms with van der Waals surface area (Å²) >= 11 is 0. The number of hydrogen-bond acceptors (Lipinski definition) is 12. The van der Waals surface area contributed by atoms with E-state index in [4.69, 9.17) is 0 Å². The topological polar surface area (TPSA) is 207 Å². The normalized spacial score (nSPS) is 12.6. The molecule has 0 spiro atoms. The molecular weight excluding hydrogens is 803 g/mol. The van der Waals surface area contributed by atoms with Crippen LogP contribution in [-0.2, 0) is 20.2 Å². The molecule has 280 valence electrons. The van der Waals surface area contributed by atoms with Crippen molar-refractivity contribution in [1.82, 2.24) is 0 Å². The van der Waals surface area contributed by atoms with Crippen molar-refractivity contribution in [1.29, 1.82) is 0 Å². The zero-order valence-corrected chi connectivity index (χ0v) is 37.1. The van der Waals surface area contributed by atoms with Gasteiger partial charge in [0, 0.05) is 33.4 Å². The van der Waals surface area contributed by atoms with Gasteiger partial charge in [-0.05, 0) is 61.4 Å². The van der Waals surface area contributed by atoms with Crippen LogP contribution < -0.4 is 69.7 Å². The third-order valence-electron chi connectivity index (χ3n) is 9.26. The van der Waals surface area contributed by atoms with Crippen LogP contribution in [0.15, 0.2) is 131 Å². The summed E-state index contributed by atoms with van der Waals surface area (Å²) < 4.78 is 69.9. The largest absolute Gasteiger partial charge is 1.00 e. The number of hydrogen-bond donors (Lipinski definition) is 2. The molecule has 2 N–H and O–H groups in total. The van der Waals surface area contributed by atoms with E-state index in [2.05, 4.69) is 10.6 Å². The molecule has 0 saturated carbocycles. The van der Waals surface area contributed by atoms with Gasteiger partial charge in [0.1, 0.15) is 20.2 Å². The van der Waals surface area contributed by atoms with E-state index in [9.17, 15) is 45.1 Å². The van der Waals surface area contributed by atoms with Gasteiger partial charge in [-0.15, -0.1) is 0 Å². The van der Waals surface area contributed by atoms with E-state index in [1.54, 1.807) is 111 Å². The Bertz CT molecular complexity index is 2730. The molecule has 0 heterocycles. The number of aryl methyl sites for hydroxylation is 2. The van der Waals surface area contributed by atoms with Crippen molar-refractivity contribution < 1.29 is 104 Å². The fourth-order valence-electron chi connectivity index (χ4n) is 6.67. The molecule has 6 aromatic rings. The molecule has 0 bridgehead atoms. The molecule has 0 amide bonds. The zero-order valence-electron chi connectivity index (χ0n) is 31.4. The maximum atomic E-state index is 13.0. The van der Waals surface area contributed by atoms with Crippen LogP contribution in [0.2, 0.25) is 0 Å². The van der Waals surface area contributed by atoms with Crippen molar-refractivity contribution in [2.24, 2.45) is 0 Å². The van der Waals surface area contributed by atoms with Gasteiger partial charge in [-0.25, -0.2) is 16.8 Å². The first-order valence-corrected chi connectivity index (χ1v) is 19.7. The van der Waals surface area contributed by atoms with Crippen molar-refractivity contribution in [2.75, 3.05) is 10.6 Å². The molecule has 0 unspecified atom stereocenters. The van der Waals surface area contributed by atoms with Gasteiger partial charge in [0.15, 0.2) is 23.1 Å². The Hall–Kier alpha value is -4.58. The summed E-state index contributed by atoms with van der Waals surface area (Å²) in [5.41, 5.74) is 3.84. The minimum absolute atomic E-state index is 0. The van der Waals surface area contributed by atoms with Gasteiger partial charge in [0.25, 0.3) is 0 Å². The molecule has 2 aliphatic carbocycles. The van der Waals surface area contributed by atoms with E-state index in [1.807, 2.05) is 0 Å². The SMILES string of the molecule is Cc1ccc(Nc2cccc3c2C(=O)c2ccccc2C3=O)c(S(=O)(=O)[O-])c1.Cc1ccc(Nc2cccc3c2C(=O)c2ccccc2C3=O)c(S(=O)(=O)[O-])c1.[Na+].[Na+]. The number of rotatable bonds is 6. The summed E-state index contributed by atoms with van der Waals surface area (Å²) in [6, 6.07) is 31.3. The Labute approximate surface area is 378 Å². The molecular formula is C42H28N2Na2O10S2. The average molecular weight is 831 g/mol. The van der Waals surface area contributed by atoms with Crippen molar-refractivity contribution in [2.45, 2.75) is 23.6 Å². The van der Waals surface area contributed by atoms with E-state index in [1.165, 1.54) is 24.3 Å². The second kappa shape index (κ2) is 17.3. The summed E-state index contributed by atoms with van der Waals surface area (Å²) in [5, 5.41) is 5.73.